The van der Waals surface area contributed by atoms with Gasteiger partial charge in [-0.25, -0.2) is 0 Å². The minimum absolute atomic E-state index is 0.0271. The number of nitrogens with zero attached hydrogens (tertiary/aromatic N) is 1. The van der Waals surface area contributed by atoms with Crippen LogP contribution < -0.4 is 0 Å². The van der Waals surface area contributed by atoms with Crippen molar-refractivity contribution in [2.75, 3.05) is 13.2 Å². The van der Waals surface area contributed by atoms with Gasteiger partial charge in [0.1, 0.15) is 0 Å². The number of carbonyl (C=O) groups is 2. The largest absolute Gasteiger partial charge is 0.466 e. The molecular weight excluding hydrogens is 302 g/mol. The van der Waals surface area contributed by atoms with Crippen LogP contribution in [0.4, 0.5) is 0 Å². The molecule has 0 N–H and O–H groups in total. The Labute approximate surface area is 137 Å². The monoisotopic (exact) mass is 325 g/mol. The summed E-state index contributed by atoms with van der Waals surface area (Å²) in [6, 6.07) is 7.43. The Morgan fingerprint density at radius 1 is 1.27 bits per heavy atom. The van der Waals surface area contributed by atoms with Gasteiger partial charge in [-0.1, -0.05) is 43.6 Å². The van der Waals surface area contributed by atoms with Crippen LogP contribution in [0, 0.1) is 5.92 Å². The van der Waals surface area contributed by atoms with Crippen molar-refractivity contribution in [2.45, 2.75) is 40.2 Å². The van der Waals surface area contributed by atoms with Gasteiger partial charge < -0.3 is 9.64 Å². The van der Waals surface area contributed by atoms with E-state index in [4.69, 9.17) is 16.3 Å². The predicted octanol–water partition coefficient (Wildman–Crippen LogP) is 3.67. The molecule has 0 fully saturated rings. The summed E-state index contributed by atoms with van der Waals surface area (Å²) in [5, 5.41) is 0.626. The number of amides is 1. The molecule has 0 heterocycles. The SMILES string of the molecule is CCOC(=O)CCN(Cc1ccccc1Cl)C(=O)CC(C)C. The minimum atomic E-state index is -0.288. The molecule has 0 radical (unpaired) electrons. The number of rotatable bonds is 8. The van der Waals surface area contributed by atoms with E-state index in [1.54, 1.807) is 17.9 Å². The normalized spacial score (nSPS) is 10.6. The van der Waals surface area contributed by atoms with Gasteiger partial charge in [0.25, 0.3) is 0 Å². The molecule has 5 heteroatoms. The Morgan fingerprint density at radius 3 is 2.55 bits per heavy atom. The zero-order valence-electron chi connectivity index (χ0n) is 13.5. The van der Waals surface area contributed by atoms with E-state index < -0.39 is 0 Å². The first-order chi connectivity index (χ1) is 10.4. The zero-order valence-corrected chi connectivity index (χ0v) is 14.2. The van der Waals surface area contributed by atoms with E-state index in [1.165, 1.54) is 0 Å². The van der Waals surface area contributed by atoms with E-state index in [9.17, 15) is 9.59 Å². The maximum atomic E-state index is 12.4. The van der Waals surface area contributed by atoms with Gasteiger partial charge in [0.2, 0.25) is 5.91 Å². The molecule has 0 aliphatic heterocycles. The molecule has 0 aromatic heterocycles. The molecule has 0 aliphatic rings. The topological polar surface area (TPSA) is 46.6 Å². The Morgan fingerprint density at radius 2 is 1.95 bits per heavy atom. The van der Waals surface area contributed by atoms with E-state index in [2.05, 4.69) is 0 Å². The third-order valence-corrected chi connectivity index (χ3v) is 3.51. The van der Waals surface area contributed by atoms with Gasteiger partial charge in [-0.15, -0.1) is 0 Å². The lowest BCUT2D eigenvalue weighted by Gasteiger charge is -2.24. The first kappa shape index (κ1) is 18.5. The molecule has 0 aliphatic carbocycles. The van der Waals surface area contributed by atoms with Gasteiger partial charge in [0.15, 0.2) is 0 Å². The highest BCUT2D eigenvalue weighted by atomic mass is 35.5. The van der Waals surface area contributed by atoms with Gasteiger partial charge in [-0.05, 0) is 24.5 Å². The summed E-state index contributed by atoms with van der Waals surface area (Å²) >= 11 is 6.16. The molecule has 1 aromatic rings. The molecule has 4 nitrogen and oxygen atoms in total. The van der Waals surface area contributed by atoms with Gasteiger partial charge in [-0.3, -0.25) is 9.59 Å². The number of benzene rings is 1. The van der Waals surface area contributed by atoms with Gasteiger partial charge in [0, 0.05) is 24.5 Å². The van der Waals surface area contributed by atoms with Crippen molar-refractivity contribution in [3.8, 4) is 0 Å². The maximum absolute atomic E-state index is 12.4. The average molecular weight is 326 g/mol. The molecule has 1 aromatic carbocycles. The predicted molar refractivity (Wildman–Crippen MR) is 87.6 cm³/mol. The zero-order chi connectivity index (χ0) is 16.5. The van der Waals surface area contributed by atoms with Crippen LogP contribution in [0.5, 0.6) is 0 Å². The summed E-state index contributed by atoms with van der Waals surface area (Å²) in [5.74, 6) is 0.00654. The number of carbonyl (C=O) groups excluding carboxylic acids is 2. The molecule has 1 amide bonds. The van der Waals surface area contributed by atoms with Crippen LogP contribution >= 0.6 is 11.6 Å². The highest BCUT2D eigenvalue weighted by Gasteiger charge is 2.18. The molecule has 0 spiro atoms. The molecule has 0 unspecified atom stereocenters. The van der Waals surface area contributed by atoms with Crippen LogP contribution in [0.2, 0.25) is 5.02 Å². The fourth-order valence-corrected chi connectivity index (χ4v) is 2.26. The van der Waals surface area contributed by atoms with Crippen LogP contribution in [0.3, 0.4) is 0 Å². The van der Waals surface area contributed by atoms with Gasteiger partial charge in [-0.2, -0.15) is 0 Å². The molecule has 0 saturated carbocycles. The van der Waals surface area contributed by atoms with Crippen molar-refractivity contribution in [1.82, 2.24) is 4.90 Å². The van der Waals surface area contributed by atoms with Crippen molar-refractivity contribution in [1.29, 1.82) is 0 Å². The molecular formula is C17H24ClNO3. The lowest BCUT2D eigenvalue weighted by Crippen LogP contribution is -2.33. The van der Waals surface area contributed by atoms with Crippen LogP contribution in [-0.4, -0.2) is 29.9 Å². The summed E-state index contributed by atoms with van der Waals surface area (Å²) in [7, 11) is 0. The highest BCUT2D eigenvalue weighted by molar-refractivity contribution is 6.31. The Kier molecular flexibility index (Phi) is 7.96. The van der Waals surface area contributed by atoms with Crippen molar-refractivity contribution in [3.05, 3.63) is 34.9 Å². The molecule has 0 bridgehead atoms. The Bertz CT molecular complexity index is 502. The second kappa shape index (κ2) is 9.46. The summed E-state index contributed by atoms with van der Waals surface area (Å²) in [6.45, 7) is 6.86. The molecule has 0 atom stereocenters. The first-order valence-corrected chi connectivity index (χ1v) is 7.98. The summed E-state index contributed by atoms with van der Waals surface area (Å²) in [6.07, 6.45) is 0.648. The van der Waals surface area contributed by atoms with E-state index >= 15 is 0 Å². The Balaban J connectivity index is 2.75. The average Bonchev–Trinajstić information content (AvgIpc) is 2.44. The second-order valence-electron chi connectivity index (χ2n) is 5.56. The number of hydrogen-bond acceptors (Lipinski definition) is 3. The quantitative estimate of drug-likeness (QED) is 0.685. The second-order valence-corrected chi connectivity index (χ2v) is 5.97. The van der Waals surface area contributed by atoms with E-state index in [-0.39, 0.29) is 24.2 Å². The fourth-order valence-electron chi connectivity index (χ4n) is 2.06. The van der Waals surface area contributed by atoms with Crippen molar-refractivity contribution >= 4 is 23.5 Å². The van der Waals surface area contributed by atoms with Crippen molar-refractivity contribution in [2.24, 2.45) is 5.92 Å². The van der Waals surface area contributed by atoms with E-state index in [0.717, 1.165) is 5.56 Å². The fraction of sp³-hybridized carbons (Fsp3) is 0.529. The van der Waals surface area contributed by atoms with Crippen LogP contribution in [-0.2, 0) is 20.9 Å². The van der Waals surface area contributed by atoms with Crippen LogP contribution in [0.15, 0.2) is 24.3 Å². The third kappa shape index (κ3) is 6.48. The molecule has 22 heavy (non-hydrogen) atoms. The number of ether oxygens (including phenoxy) is 1. The van der Waals surface area contributed by atoms with E-state index in [1.807, 2.05) is 32.0 Å². The third-order valence-electron chi connectivity index (χ3n) is 3.15. The summed E-state index contributed by atoms with van der Waals surface area (Å²) in [4.78, 5) is 25.6. The van der Waals surface area contributed by atoms with Gasteiger partial charge >= 0.3 is 5.97 Å². The number of esters is 1. The first-order valence-electron chi connectivity index (χ1n) is 7.60. The molecule has 0 saturated heterocycles. The smallest absolute Gasteiger partial charge is 0.307 e. The van der Waals surface area contributed by atoms with Crippen molar-refractivity contribution in [3.63, 3.8) is 0 Å². The van der Waals surface area contributed by atoms with Crippen molar-refractivity contribution < 1.29 is 14.3 Å². The van der Waals surface area contributed by atoms with Crippen LogP contribution in [0.1, 0.15) is 39.2 Å². The number of halogens is 1. The van der Waals surface area contributed by atoms with E-state index in [0.29, 0.717) is 31.1 Å². The maximum Gasteiger partial charge on any atom is 0.307 e. The lowest BCUT2D eigenvalue weighted by molar-refractivity contribution is -0.144. The minimum Gasteiger partial charge on any atom is -0.466 e. The lowest BCUT2D eigenvalue weighted by atomic mass is 10.1. The highest BCUT2D eigenvalue weighted by Crippen LogP contribution is 2.18. The van der Waals surface area contributed by atoms with Gasteiger partial charge in [0.05, 0.1) is 13.0 Å². The molecule has 1 rings (SSSR count). The molecule has 122 valence electrons. The number of hydrogen-bond donors (Lipinski definition) is 0. The van der Waals surface area contributed by atoms with Crippen LogP contribution in [0.25, 0.3) is 0 Å². The standard InChI is InChI=1S/C17H24ClNO3/c1-4-22-17(21)9-10-19(16(20)11-13(2)3)12-14-7-5-6-8-15(14)18/h5-8,13H,4,9-12H2,1-3H3. The Hall–Kier alpha value is -1.55. The summed E-state index contributed by atoms with van der Waals surface area (Å²) < 4.78 is 4.92. The summed E-state index contributed by atoms with van der Waals surface area (Å²) in [5.41, 5.74) is 0.880.